The fourth-order valence-electron chi connectivity index (χ4n) is 3.84. The van der Waals surface area contributed by atoms with Gasteiger partial charge in [-0.05, 0) is 49.9 Å². The molecule has 0 bridgehead atoms. The summed E-state index contributed by atoms with van der Waals surface area (Å²) in [6.45, 7) is 1.63. The van der Waals surface area contributed by atoms with Crippen molar-refractivity contribution in [3.8, 4) is 11.5 Å². The molecule has 0 radical (unpaired) electrons. The highest BCUT2D eigenvalue weighted by molar-refractivity contribution is 5.79. The Morgan fingerprint density at radius 3 is 2.72 bits per heavy atom. The van der Waals surface area contributed by atoms with Crippen LogP contribution in [0, 0.1) is 5.92 Å². The van der Waals surface area contributed by atoms with Gasteiger partial charge >= 0.3 is 0 Å². The van der Waals surface area contributed by atoms with Crippen molar-refractivity contribution in [2.24, 2.45) is 5.92 Å². The first-order valence-corrected chi connectivity index (χ1v) is 9.22. The third-order valence-electron chi connectivity index (χ3n) is 5.24. The molecule has 0 aromatic carbocycles. The molecule has 4 rings (SSSR count). The lowest BCUT2D eigenvalue weighted by Crippen LogP contribution is -2.45. The van der Waals surface area contributed by atoms with E-state index in [0.717, 1.165) is 43.7 Å². The summed E-state index contributed by atoms with van der Waals surface area (Å²) >= 11 is 0. The SMILES string of the molecule is O=C(NC1CCCC1)[C@@H]1CCCN(c2ccc(-c3ccco3)nn2)C1. The number of hydrogen-bond acceptors (Lipinski definition) is 5. The van der Waals surface area contributed by atoms with E-state index in [1.165, 1.54) is 12.8 Å². The van der Waals surface area contributed by atoms with Crippen LogP contribution in [0.25, 0.3) is 11.5 Å². The molecule has 2 aromatic heterocycles. The van der Waals surface area contributed by atoms with Crippen LogP contribution in [0.5, 0.6) is 0 Å². The van der Waals surface area contributed by atoms with E-state index in [1.54, 1.807) is 6.26 Å². The van der Waals surface area contributed by atoms with Crippen molar-refractivity contribution >= 4 is 11.7 Å². The van der Waals surface area contributed by atoms with Crippen molar-refractivity contribution in [2.75, 3.05) is 18.0 Å². The summed E-state index contributed by atoms with van der Waals surface area (Å²) in [5.74, 6) is 1.79. The Hall–Kier alpha value is -2.37. The van der Waals surface area contributed by atoms with Crippen LogP contribution < -0.4 is 10.2 Å². The summed E-state index contributed by atoms with van der Waals surface area (Å²) in [6, 6.07) is 7.97. The van der Waals surface area contributed by atoms with Gasteiger partial charge in [-0.25, -0.2) is 0 Å². The maximum Gasteiger partial charge on any atom is 0.225 e. The number of nitrogens with zero attached hydrogens (tertiary/aromatic N) is 3. The van der Waals surface area contributed by atoms with Gasteiger partial charge in [0.1, 0.15) is 5.69 Å². The van der Waals surface area contributed by atoms with E-state index in [1.807, 2.05) is 24.3 Å². The van der Waals surface area contributed by atoms with Crippen molar-refractivity contribution in [2.45, 2.75) is 44.6 Å². The van der Waals surface area contributed by atoms with Crippen molar-refractivity contribution in [3.63, 3.8) is 0 Å². The van der Waals surface area contributed by atoms with E-state index in [2.05, 4.69) is 20.4 Å². The minimum atomic E-state index is 0.0425. The molecule has 2 aromatic rings. The second kappa shape index (κ2) is 7.25. The van der Waals surface area contributed by atoms with Gasteiger partial charge in [-0.15, -0.1) is 10.2 Å². The third-order valence-corrected chi connectivity index (χ3v) is 5.24. The average molecular weight is 340 g/mol. The smallest absolute Gasteiger partial charge is 0.225 e. The summed E-state index contributed by atoms with van der Waals surface area (Å²) in [5, 5.41) is 11.8. The molecule has 1 atom stereocenters. The molecule has 6 nitrogen and oxygen atoms in total. The number of amides is 1. The predicted octanol–water partition coefficient (Wildman–Crippen LogP) is 3.01. The zero-order valence-corrected chi connectivity index (χ0v) is 14.4. The molecule has 1 amide bonds. The Kier molecular flexibility index (Phi) is 4.68. The van der Waals surface area contributed by atoms with Crippen LogP contribution in [0.1, 0.15) is 38.5 Å². The number of piperidine rings is 1. The Morgan fingerprint density at radius 2 is 2.00 bits per heavy atom. The quantitative estimate of drug-likeness (QED) is 0.926. The number of nitrogens with one attached hydrogen (secondary N) is 1. The highest BCUT2D eigenvalue weighted by Gasteiger charge is 2.28. The molecule has 2 aliphatic rings. The summed E-state index contributed by atoms with van der Waals surface area (Å²) < 4.78 is 5.35. The molecular weight excluding hydrogens is 316 g/mol. The fourth-order valence-corrected chi connectivity index (χ4v) is 3.84. The summed E-state index contributed by atoms with van der Waals surface area (Å²) in [5.41, 5.74) is 0.723. The lowest BCUT2D eigenvalue weighted by atomic mass is 9.96. The summed E-state index contributed by atoms with van der Waals surface area (Å²) in [7, 11) is 0. The fraction of sp³-hybridized carbons (Fsp3) is 0.526. The Morgan fingerprint density at radius 1 is 1.12 bits per heavy atom. The molecule has 0 unspecified atom stereocenters. The van der Waals surface area contributed by atoms with Gasteiger partial charge in [0.2, 0.25) is 5.91 Å². The molecule has 1 aliphatic carbocycles. The zero-order chi connectivity index (χ0) is 17.1. The number of rotatable bonds is 4. The molecule has 0 spiro atoms. The number of carbonyl (C=O) groups excluding carboxylic acids is 1. The Bertz CT molecular complexity index is 693. The monoisotopic (exact) mass is 340 g/mol. The van der Waals surface area contributed by atoms with Gasteiger partial charge in [0.05, 0.1) is 12.2 Å². The number of anilines is 1. The van der Waals surface area contributed by atoms with Gasteiger partial charge < -0.3 is 14.6 Å². The number of furan rings is 1. The van der Waals surface area contributed by atoms with E-state index in [4.69, 9.17) is 4.42 Å². The van der Waals surface area contributed by atoms with Crippen LogP contribution in [-0.2, 0) is 4.79 Å². The standard InChI is InChI=1S/C19H24N4O2/c24-19(20-15-6-1-2-7-15)14-5-3-11-23(13-14)18-10-9-16(21-22-18)17-8-4-12-25-17/h4,8-10,12,14-15H,1-3,5-7,11,13H2,(H,20,24)/t14-/m1/s1. The first-order chi connectivity index (χ1) is 12.3. The minimum absolute atomic E-state index is 0.0425. The van der Waals surface area contributed by atoms with Crippen LogP contribution in [0.4, 0.5) is 5.82 Å². The highest BCUT2D eigenvalue weighted by Crippen LogP contribution is 2.24. The van der Waals surface area contributed by atoms with Crippen molar-refractivity contribution < 1.29 is 9.21 Å². The molecule has 132 valence electrons. The van der Waals surface area contributed by atoms with Gasteiger partial charge in [-0.2, -0.15) is 0 Å². The molecular formula is C19H24N4O2. The zero-order valence-electron chi connectivity index (χ0n) is 14.4. The van der Waals surface area contributed by atoms with Crippen LogP contribution in [0.15, 0.2) is 34.9 Å². The van der Waals surface area contributed by atoms with E-state index >= 15 is 0 Å². The topological polar surface area (TPSA) is 71.3 Å². The second-order valence-electron chi connectivity index (χ2n) is 7.03. The van der Waals surface area contributed by atoms with Crippen molar-refractivity contribution in [3.05, 3.63) is 30.5 Å². The average Bonchev–Trinajstić information content (AvgIpc) is 3.36. The van der Waals surface area contributed by atoms with Gasteiger partial charge in [-0.1, -0.05) is 12.8 Å². The lowest BCUT2D eigenvalue weighted by molar-refractivity contribution is -0.125. The first-order valence-electron chi connectivity index (χ1n) is 9.22. The first kappa shape index (κ1) is 16.1. The Balaban J connectivity index is 1.39. The number of hydrogen-bond donors (Lipinski definition) is 1. The van der Waals surface area contributed by atoms with E-state index in [9.17, 15) is 4.79 Å². The van der Waals surface area contributed by atoms with Gasteiger partial charge in [0.15, 0.2) is 11.6 Å². The normalized spacial score (nSPS) is 21.4. The molecule has 1 saturated carbocycles. The molecule has 25 heavy (non-hydrogen) atoms. The molecule has 1 aliphatic heterocycles. The summed E-state index contributed by atoms with van der Waals surface area (Å²) in [4.78, 5) is 14.7. The third kappa shape index (κ3) is 3.67. The van der Waals surface area contributed by atoms with Crippen LogP contribution in [0.3, 0.4) is 0 Å². The van der Waals surface area contributed by atoms with E-state index < -0.39 is 0 Å². The maximum atomic E-state index is 12.6. The molecule has 3 heterocycles. The molecule has 6 heteroatoms. The van der Waals surface area contributed by atoms with E-state index in [0.29, 0.717) is 18.3 Å². The number of carbonyl (C=O) groups is 1. The van der Waals surface area contributed by atoms with Gasteiger partial charge in [0.25, 0.3) is 0 Å². The molecule has 1 saturated heterocycles. The molecule has 2 fully saturated rings. The second-order valence-corrected chi connectivity index (χ2v) is 7.03. The van der Waals surface area contributed by atoms with Crippen molar-refractivity contribution in [1.29, 1.82) is 0 Å². The summed E-state index contributed by atoms with van der Waals surface area (Å²) in [6.07, 6.45) is 8.31. The maximum absolute atomic E-state index is 12.6. The lowest BCUT2D eigenvalue weighted by Gasteiger charge is -2.33. The largest absolute Gasteiger partial charge is 0.463 e. The number of aromatic nitrogens is 2. The van der Waals surface area contributed by atoms with Gasteiger partial charge in [0, 0.05) is 19.1 Å². The van der Waals surface area contributed by atoms with Crippen LogP contribution in [0.2, 0.25) is 0 Å². The van der Waals surface area contributed by atoms with Crippen LogP contribution in [-0.4, -0.2) is 35.2 Å². The van der Waals surface area contributed by atoms with Crippen molar-refractivity contribution in [1.82, 2.24) is 15.5 Å². The molecule has 1 N–H and O–H groups in total. The van der Waals surface area contributed by atoms with E-state index in [-0.39, 0.29) is 11.8 Å². The predicted molar refractivity (Wildman–Crippen MR) is 95.1 cm³/mol. The van der Waals surface area contributed by atoms with Crippen LogP contribution >= 0.6 is 0 Å². The highest BCUT2D eigenvalue weighted by atomic mass is 16.3. The minimum Gasteiger partial charge on any atom is -0.463 e. The Labute approximate surface area is 147 Å². The van der Waals surface area contributed by atoms with Gasteiger partial charge in [-0.3, -0.25) is 4.79 Å².